The van der Waals surface area contributed by atoms with Gasteiger partial charge >= 0.3 is 99.2 Å². The van der Waals surface area contributed by atoms with Crippen molar-refractivity contribution >= 4 is 19.6 Å². The van der Waals surface area contributed by atoms with Crippen LogP contribution in [0.25, 0.3) is 0 Å². The van der Waals surface area contributed by atoms with Crippen LogP contribution < -0.4 is 0 Å². The summed E-state index contributed by atoms with van der Waals surface area (Å²) < 4.78 is 10.7. The molecule has 0 aliphatic rings. The number of ether oxygens (including phenoxy) is 1. The fraction of sp³-hybridized carbons (Fsp3) is 0.417. The molecule has 16 heavy (non-hydrogen) atoms. The molecule has 0 spiro atoms. The van der Waals surface area contributed by atoms with E-state index in [-0.39, 0.29) is 5.97 Å². The second-order valence-corrected chi connectivity index (χ2v) is 13.9. The average molecular weight is 283 g/mol. The minimum absolute atomic E-state index is 0.277. The first-order valence-electron chi connectivity index (χ1n) is 5.24. The Morgan fingerprint density at radius 3 is 2.19 bits per heavy atom. The summed E-state index contributed by atoms with van der Waals surface area (Å²) in [6.07, 6.45) is -0.606. The number of carbonyl (C=O) groups is 1. The van der Waals surface area contributed by atoms with E-state index in [0.717, 1.165) is 5.56 Å². The predicted octanol–water partition coefficient (Wildman–Crippen LogP) is 2.75. The molecule has 88 valence electrons. The Morgan fingerprint density at radius 1 is 1.19 bits per heavy atom. The average Bonchev–Trinajstić information content (AvgIpc) is 2.17. The van der Waals surface area contributed by atoms with Gasteiger partial charge in [0, 0.05) is 0 Å². The molecule has 0 fully saturated rings. The Morgan fingerprint density at radius 2 is 1.75 bits per heavy atom. The van der Waals surface area contributed by atoms with Crippen LogP contribution in [0.4, 0.5) is 0 Å². The zero-order chi connectivity index (χ0) is 12.2. The van der Waals surface area contributed by atoms with Crippen LogP contribution in [-0.2, 0) is 13.3 Å². The summed E-state index contributed by atoms with van der Waals surface area (Å²) in [4.78, 5) is 11.9. The molecule has 0 aliphatic carbocycles. The van der Waals surface area contributed by atoms with Crippen molar-refractivity contribution in [2.45, 2.75) is 23.4 Å². The third-order valence-corrected chi connectivity index (χ3v) is 3.67. The van der Waals surface area contributed by atoms with Crippen molar-refractivity contribution in [3.8, 4) is 0 Å². The molecule has 3 nitrogen and oxygen atoms in total. The first kappa shape index (κ1) is 13.3. The van der Waals surface area contributed by atoms with Crippen LogP contribution >= 0.6 is 0 Å². The quantitative estimate of drug-likeness (QED) is 0.797. The number of rotatable bonds is 4. The van der Waals surface area contributed by atoms with Gasteiger partial charge in [0.2, 0.25) is 0 Å². The van der Waals surface area contributed by atoms with Gasteiger partial charge in [0.05, 0.1) is 0 Å². The van der Waals surface area contributed by atoms with Gasteiger partial charge in [-0.2, -0.15) is 0 Å². The fourth-order valence-electron chi connectivity index (χ4n) is 1.35. The van der Waals surface area contributed by atoms with Crippen LogP contribution in [0.1, 0.15) is 11.7 Å². The Bertz CT molecular complexity index is 343. The van der Waals surface area contributed by atoms with Crippen molar-refractivity contribution in [3.05, 3.63) is 35.9 Å². The molecule has 1 rings (SSSR count). The first-order valence-corrected chi connectivity index (χ1v) is 12.4. The Balaban J connectivity index is 2.80. The van der Waals surface area contributed by atoms with Crippen molar-refractivity contribution in [2.24, 2.45) is 0 Å². The Labute approximate surface area is 99.5 Å². The SMILES string of the molecule is COC(C(=O)[O][Ge]([CH3])([CH3])[CH3])c1ccccc1. The summed E-state index contributed by atoms with van der Waals surface area (Å²) in [5.41, 5.74) is 0.835. The fourth-order valence-corrected chi connectivity index (χ4v) is 2.84. The van der Waals surface area contributed by atoms with Crippen molar-refractivity contribution in [1.82, 2.24) is 0 Å². The molecule has 0 saturated carbocycles. The van der Waals surface area contributed by atoms with E-state index in [9.17, 15) is 4.79 Å². The first-order chi connectivity index (χ1) is 7.44. The number of carbonyl (C=O) groups excluding carboxylic acids is 1. The summed E-state index contributed by atoms with van der Waals surface area (Å²) in [6, 6.07) is 9.40. The summed E-state index contributed by atoms with van der Waals surface area (Å²) in [6.45, 7) is 0. The molecule has 0 bridgehead atoms. The second-order valence-electron chi connectivity index (χ2n) is 4.56. The maximum absolute atomic E-state index is 11.9. The summed E-state index contributed by atoms with van der Waals surface area (Å²) in [5, 5.41) is 0. The van der Waals surface area contributed by atoms with Gasteiger partial charge in [-0.15, -0.1) is 0 Å². The van der Waals surface area contributed by atoms with E-state index in [0.29, 0.717) is 0 Å². The molecular weight excluding hydrogens is 265 g/mol. The topological polar surface area (TPSA) is 35.5 Å². The predicted molar refractivity (Wildman–Crippen MR) is 65.6 cm³/mol. The molecule has 4 heteroatoms. The van der Waals surface area contributed by atoms with Gasteiger partial charge in [0.1, 0.15) is 0 Å². The monoisotopic (exact) mass is 284 g/mol. The van der Waals surface area contributed by atoms with Crippen molar-refractivity contribution in [1.29, 1.82) is 0 Å². The molecule has 1 unspecified atom stereocenters. The second kappa shape index (κ2) is 5.50. The summed E-state index contributed by atoms with van der Waals surface area (Å²) in [5.74, 6) is 5.79. The van der Waals surface area contributed by atoms with E-state index >= 15 is 0 Å². The minimum atomic E-state index is -2.34. The summed E-state index contributed by atoms with van der Waals surface area (Å²) in [7, 11) is 1.52. The molecule has 0 N–H and O–H groups in total. The van der Waals surface area contributed by atoms with Gasteiger partial charge in [-0.1, -0.05) is 0 Å². The molecule has 0 radical (unpaired) electrons. The zero-order valence-electron chi connectivity index (χ0n) is 10.2. The molecule has 1 aromatic rings. The van der Waals surface area contributed by atoms with E-state index in [1.165, 1.54) is 7.11 Å². The van der Waals surface area contributed by atoms with Crippen molar-refractivity contribution in [2.75, 3.05) is 7.11 Å². The molecule has 0 aromatic heterocycles. The number of methoxy groups -OCH3 is 1. The third kappa shape index (κ3) is 3.98. The Hall–Kier alpha value is -0.807. The Kier molecular flexibility index (Phi) is 4.56. The van der Waals surface area contributed by atoms with Crippen LogP contribution in [0, 0.1) is 0 Å². The number of hydrogen-bond acceptors (Lipinski definition) is 3. The van der Waals surface area contributed by atoms with Crippen LogP contribution in [0.2, 0.25) is 17.3 Å². The normalized spacial score (nSPS) is 13.2. The van der Waals surface area contributed by atoms with Crippen LogP contribution in [-0.4, -0.2) is 26.7 Å². The van der Waals surface area contributed by atoms with Crippen LogP contribution in [0.5, 0.6) is 0 Å². The standard InChI is InChI=1S/C12H18GeO3/c1-13(2,3)16-12(14)11(15-4)10-8-6-5-7-9-10/h5-9,11H,1-4H3. The van der Waals surface area contributed by atoms with E-state index in [1.807, 2.05) is 47.6 Å². The van der Waals surface area contributed by atoms with Gasteiger partial charge in [-0.25, -0.2) is 0 Å². The van der Waals surface area contributed by atoms with Gasteiger partial charge in [0.25, 0.3) is 0 Å². The van der Waals surface area contributed by atoms with E-state index in [1.54, 1.807) is 0 Å². The van der Waals surface area contributed by atoms with Gasteiger partial charge < -0.3 is 0 Å². The molecule has 0 aliphatic heterocycles. The molecule has 1 atom stereocenters. The molecule has 0 amide bonds. The maximum atomic E-state index is 11.9. The molecule has 1 aromatic carbocycles. The van der Waals surface area contributed by atoms with E-state index in [4.69, 9.17) is 8.50 Å². The van der Waals surface area contributed by atoms with Gasteiger partial charge in [0.15, 0.2) is 0 Å². The van der Waals surface area contributed by atoms with Crippen molar-refractivity contribution in [3.63, 3.8) is 0 Å². The number of hydrogen-bond donors (Lipinski definition) is 0. The van der Waals surface area contributed by atoms with Crippen LogP contribution in [0.15, 0.2) is 30.3 Å². The van der Waals surface area contributed by atoms with Crippen LogP contribution in [0.3, 0.4) is 0 Å². The summed E-state index contributed by atoms with van der Waals surface area (Å²) >= 11 is -2.34. The zero-order valence-corrected chi connectivity index (χ0v) is 12.3. The molecule has 0 saturated heterocycles. The van der Waals surface area contributed by atoms with Gasteiger partial charge in [-0.3, -0.25) is 0 Å². The molecule has 0 heterocycles. The molecular formula is C12H18GeO3. The van der Waals surface area contributed by atoms with E-state index in [2.05, 4.69) is 0 Å². The third-order valence-electron chi connectivity index (χ3n) is 1.96. The number of benzene rings is 1. The van der Waals surface area contributed by atoms with Gasteiger partial charge in [-0.05, 0) is 0 Å². The van der Waals surface area contributed by atoms with Crippen molar-refractivity contribution < 1.29 is 13.3 Å². The van der Waals surface area contributed by atoms with E-state index < -0.39 is 19.7 Å².